The molecule has 142 valence electrons. The standard InChI is InChI=1S/C17H26F3N3OS/c18-17(19,20)11-24-16-22-14-6-9-23(10-7-15(14)25-16)8-5-12-1-3-13(21)4-2-12/h12-13H,1-11,21H2. The fourth-order valence-corrected chi connectivity index (χ4v) is 4.60. The Kier molecular flexibility index (Phi) is 6.22. The first-order valence-electron chi connectivity index (χ1n) is 9.05. The molecule has 2 heterocycles. The fourth-order valence-electron chi connectivity index (χ4n) is 3.66. The Balaban J connectivity index is 1.44. The van der Waals surface area contributed by atoms with Gasteiger partial charge in [-0.25, -0.2) is 4.98 Å². The minimum atomic E-state index is -4.32. The molecule has 1 fully saturated rings. The fraction of sp³-hybridized carbons (Fsp3) is 0.824. The normalized spacial score (nSPS) is 25.4. The molecule has 0 amide bonds. The first kappa shape index (κ1) is 18.9. The van der Waals surface area contributed by atoms with Crippen molar-refractivity contribution in [1.82, 2.24) is 9.88 Å². The second kappa shape index (κ2) is 8.22. The number of alkyl halides is 3. The van der Waals surface area contributed by atoms with E-state index in [0.29, 0.717) is 6.04 Å². The number of aromatic nitrogens is 1. The largest absolute Gasteiger partial charge is 0.460 e. The molecule has 3 rings (SSSR count). The van der Waals surface area contributed by atoms with Gasteiger partial charge in [0.05, 0.1) is 5.69 Å². The minimum absolute atomic E-state index is 0.148. The molecule has 2 N–H and O–H groups in total. The summed E-state index contributed by atoms with van der Waals surface area (Å²) in [5.41, 5.74) is 6.87. The van der Waals surface area contributed by atoms with Crippen molar-refractivity contribution in [3.63, 3.8) is 0 Å². The third-order valence-electron chi connectivity index (χ3n) is 5.18. The maximum Gasteiger partial charge on any atom is 0.422 e. The summed E-state index contributed by atoms with van der Waals surface area (Å²) in [5.74, 6) is 0.789. The Labute approximate surface area is 150 Å². The molecule has 1 aliphatic heterocycles. The molecule has 0 unspecified atom stereocenters. The van der Waals surface area contributed by atoms with Crippen LogP contribution < -0.4 is 10.5 Å². The van der Waals surface area contributed by atoms with Crippen molar-refractivity contribution in [2.24, 2.45) is 11.7 Å². The average molecular weight is 377 g/mol. The van der Waals surface area contributed by atoms with Gasteiger partial charge in [0, 0.05) is 30.4 Å². The summed E-state index contributed by atoms with van der Waals surface area (Å²) in [5, 5.41) is 0.148. The third kappa shape index (κ3) is 5.82. The molecular formula is C17H26F3N3OS. The van der Waals surface area contributed by atoms with E-state index in [9.17, 15) is 13.2 Å². The second-order valence-electron chi connectivity index (χ2n) is 7.16. The van der Waals surface area contributed by atoms with Crippen LogP contribution in [0.15, 0.2) is 0 Å². The van der Waals surface area contributed by atoms with Gasteiger partial charge in [0.15, 0.2) is 6.61 Å². The van der Waals surface area contributed by atoms with Gasteiger partial charge in [0.1, 0.15) is 0 Å². The van der Waals surface area contributed by atoms with Crippen LogP contribution in [0.4, 0.5) is 13.2 Å². The van der Waals surface area contributed by atoms with Gasteiger partial charge >= 0.3 is 6.18 Å². The lowest BCUT2D eigenvalue weighted by atomic mass is 9.84. The van der Waals surface area contributed by atoms with Crippen molar-refractivity contribution >= 4 is 11.3 Å². The van der Waals surface area contributed by atoms with Crippen molar-refractivity contribution < 1.29 is 17.9 Å². The van der Waals surface area contributed by atoms with Crippen LogP contribution in [0.1, 0.15) is 42.7 Å². The summed E-state index contributed by atoms with van der Waals surface area (Å²) >= 11 is 1.26. The van der Waals surface area contributed by atoms with Crippen LogP contribution in [-0.4, -0.2) is 48.3 Å². The van der Waals surface area contributed by atoms with Crippen LogP contribution in [0.25, 0.3) is 0 Å². The molecular weight excluding hydrogens is 351 g/mol. The summed E-state index contributed by atoms with van der Waals surface area (Å²) in [7, 11) is 0. The van der Waals surface area contributed by atoms with Crippen molar-refractivity contribution in [2.45, 2.75) is 57.2 Å². The number of nitrogens with two attached hydrogens (primary N) is 1. The quantitative estimate of drug-likeness (QED) is 0.855. The number of fused-ring (bicyclic) bond motifs is 1. The third-order valence-corrected chi connectivity index (χ3v) is 6.25. The van der Waals surface area contributed by atoms with Crippen LogP contribution >= 0.6 is 11.3 Å². The first-order chi connectivity index (χ1) is 11.9. The second-order valence-corrected chi connectivity index (χ2v) is 8.21. The van der Waals surface area contributed by atoms with Crippen LogP contribution in [0.3, 0.4) is 0 Å². The van der Waals surface area contributed by atoms with Gasteiger partial charge in [-0.05, 0) is 51.0 Å². The lowest BCUT2D eigenvalue weighted by molar-refractivity contribution is -0.153. The zero-order chi connectivity index (χ0) is 17.9. The molecule has 0 spiro atoms. The molecule has 0 saturated heterocycles. The number of hydrogen-bond acceptors (Lipinski definition) is 5. The number of halogens is 3. The van der Waals surface area contributed by atoms with E-state index in [4.69, 9.17) is 10.5 Å². The van der Waals surface area contributed by atoms with Crippen LogP contribution in [0, 0.1) is 5.92 Å². The maximum absolute atomic E-state index is 12.2. The summed E-state index contributed by atoms with van der Waals surface area (Å²) in [6.45, 7) is 1.69. The first-order valence-corrected chi connectivity index (χ1v) is 9.87. The molecule has 1 aliphatic carbocycles. The summed E-state index contributed by atoms with van der Waals surface area (Å²) in [6.07, 6.45) is 3.30. The van der Waals surface area contributed by atoms with E-state index in [0.717, 1.165) is 61.8 Å². The van der Waals surface area contributed by atoms with E-state index < -0.39 is 12.8 Å². The summed E-state index contributed by atoms with van der Waals surface area (Å²) in [4.78, 5) is 7.79. The maximum atomic E-state index is 12.2. The molecule has 25 heavy (non-hydrogen) atoms. The van der Waals surface area contributed by atoms with Gasteiger partial charge in [0.2, 0.25) is 0 Å². The van der Waals surface area contributed by atoms with E-state index in [1.165, 1.54) is 30.6 Å². The highest BCUT2D eigenvalue weighted by atomic mass is 32.1. The molecule has 0 aromatic carbocycles. The Morgan fingerprint density at radius 1 is 1.16 bits per heavy atom. The molecule has 1 saturated carbocycles. The van der Waals surface area contributed by atoms with Crippen molar-refractivity contribution in [3.8, 4) is 5.19 Å². The van der Waals surface area contributed by atoms with E-state index in [2.05, 4.69) is 9.88 Å². The van der Waals surface area contributed by atoms with Gasteiger partial charge in [-0.2, -0.15) is 13.2 Å². The lowest BCUT2D eigenvalue weighted by Gasteiger charge is -2.28. The van der Waals surface area contributed by atoms with E-state index in [-0.39, 0.29) is 5.19 Å². The van der Waals surface area contributed by atoms with Crippen LogP contribution in [0.5, 0.6) is 5.19 Å². The molecule has 0 atom stereocenters. The molecule has 0 radical (unpaired) electrons. The molecule has 1 aromatic heterocycles. The number of rotatable bonds is 5. The van der Waals surface area contributed by atoms with Crippen LogP contribution in [-0.2, 0) is 12.8 Å². The molecule has 8 heteroatoms. The highest BCUT2D eigenvalue weighted by Gasteiger charge is 2.29. The Morgan fingerprint density at radius 3 is 2.60 bits per heavy atom. The lowest BCUT2D eigenvalue weighted by Crippen LogP contribution is -2.31. The molecule has 2 aliphatic rings. The van der Waals surface area contributed by atoms with E-state index in [1.807, 2.05) is 0 Å². The SMILES string of the molecule is NC1CCC(CCN2CCc3nc(OCC(F)(F)F)sc3CC2)CC1. The zero-order valence-corrected chi connectivity index (χ0v) is 15.2. The van der Waals surface area contributed by atoms with Gasteiger partial charge < -0.3 is 15.4 Å². The number of ether oxygens (including phenoxy) is 1. The van der Waals surface area contributed by atoms with Gasteiger partial charge in [-0.15, -0.1) is 0 Å². The average Bonchev–Trinajstić information content (AvgIpc) is 2.86. The van der Waals surface area contributed by atoms with E-state index >= 15 is 0 Å². The number of nitrogens with zero attached hydrogens (tertiary/aromatic N) is 2. The van der Waals surface area contributed by atoms with Crippen LogP contribution in [0.2, 0.25) is 0 Å². The van der Waals surface area contributed by atoms with Crippen molar-refractivity contribution in [3.05, 3.63) is 10.6 Å². The highest BCUT2D eigenvalue weighted by molar-refractivity contribution is 7.13. The monoisotopic (exact) mass is 377 g/mol. The Morgan fingerprint density at radius 2 is 1.88 bits per heavy atom. The predicted molar refractivity (Wildman–Crippen MR) is 92.1 cm³/mol. The van der Waals surface area contributed by atoms with Gasteiger partial charge in [0.25, 0.3) is 5.19 Å². The Hall–Kier alpha value is -0.860. The minimum Gasteiger partial charge on any atom is -0.460 e. The summed E-state index contributed by atoms with van der Waals surface area (Å²) in [6, 6.07) is 0.394. The van der Waals surface area contributed by atoms with Gasteiger partial charge in [-0.3, -0.25) is 0 Å². The Bertz CT molecular complexity index is 530. The van der Waals surface area contributed by atoms with Crippen molar-refractivity contribution in [1.29, 1.82) is 0 Å². The predicted octanol–water partition coefficient (Wildman–Crippen LogP) is 3.39. The number of hydrogen-bond donors (Lipinski definition) is 1. The molecule has 0 bridgehead atoms. The zero-order valence-electron chi connectivity index (χ0n) is 14.4. The molecule has 1 aromatic rings. The van der Waals surface area contributed by atoms with E-state index in [1.54, 1.807) is 0 Å². The number of thiazole rings is 1. The molecule has 4 nitrogen and oxygen atoms in total. The van der Waals surface area contributed by atoms with Gasteiger partial charge in [-0.1, -0.05) is 11.3 Å². The van der Waals surface area contributed by atoms with Crippen molar-refractivity contribution in [2.75, 3.05) is 26.2 Å². The smallest absolute Gasteiger partial charge is 0.422 e. The summed E-state index contributed by atoms with van der Waals surface area (Å²) < 4.78 is 41.5. The highest BCUT2D eigenvalue weighted by Crippen LogP contribution is 2.30. The topological polar surface area (TPSA) is 51.4 Å².